The van der Waals surface area contributed by atoms with Crippen molar-refractivity contribution in [2.45, 2.75) is 6.42 Å². The van der Waals surface area contributed by atoms with E-state index in [1.54, 1.807) is 12.3 Å². The Labute approximate surface area is 166 Å². The van der Waals surface area contributed by atoms with Crippen LogP contribution in [0.3, 0.4) is 0 Å². The SMILES string of the molecule is C=C(Nc1ccccn1)c1ccsc1CC(=O)c1ccnc(NC(=O)OC)c1. The molecule has 3 heterocycles. The van der Waals surface area contributed by atoms with Gasteiger partial charge in [0.25, 0.3) is 0 Å². The number of amides is 1. The Kier molecular flexibility index (Phi) is 6.13. The van der Waals surface area contributed by atoms with Crippen molar-refractivity contribution in [3.63, 3.8) is 0 Å². The van der Waals surface area contributed by atoms with E-state index in [2.05, 4.69) is 31.9 Å². The summed E-state index contributed by atoms with van der Waals surface area (Å²) in [5, 5.41) is 7.52. The van der Waals surface area contributed by atoms with Crippen LogP contribution in [0.5, 0.6) is 0 Å². The quantitative estimate of drug-likeness (QED) is 0.583. The largest absolute Gasteiger partial charge is 0.453 e. The Balaban J connectivity index is 1.72. The van der Waals surface area contributed by atoms with Gasteiger partial charge in [-0.2, -0.15) is 0 Å². The monoisotopic (exact) mass is 394 g/mol. The van der Waals surface area contributed by atoms with E-state index in [-0.39, 0.29) is 18.0 Å². The van der Waals surface area contributed by atoms with E-state index in [4.69, 9.17) is 0 Å². The lowest BCUT2D eigenvalue weighted by atomic mass is 10.1. The number of carbonyl (C=O) groups is 2. The van der Waals surface area contributed by atoms with Gasteiger partial charge in [-0.05, 0) is 35.7 Å². The van der Waals surface area contributed by atoms with E-state index in [1.807, 2.05) is 29.6 Å². The van der Waals surface area contributed by atoms with Crippen molar-refractivity contribution in [1.82, 2.24) is 9.97 Å². The minimum absolute atomic E-state index is 0.0929. The van der Waals surface area contributed by atoms with Crippen LogP contribution in [0.1, 0.15) is 20.8 Å². The minimum Gasteiger partial charge on any atom is -0.453 e. The third-order valence-corrected chi connectivity index (χ3v) is 4.75. The average molecular weight is 394 g/mol. The molecular weight excluding hydrogens is 376 g/mol. The zero-order chi connectivity index (χ0) is 19.9. The number of ether oxygens (including phenoxy) is 1. The Morgan fingerprint density at radius 3 is 2.68 bits per heavy atom. The summed E-state index contributed by atoms with van der Waals surface area (Å²) in [4.78, 5) is 33.1. The number of ketones is 1. The first-order valence-electron chi connectivity index (χ1n) is 8.34. The van der Waals surface area contributed by atoms with Crippen molar-refractivity contribution >= 4 is 40.5 Å². The first kappa shape index (κ1) is 19.2. The van der Waals surface area contributed by atoms with Gasteiger partial charge in [0.15, 0.2) is 5.78 Å². The molecule has 0 aliphatic carbocycles. The molecule has 0 atom stereocenters. The molecule has 7 nitrogen and oxygen atoms in total. The highest BCUT2D eigenvalue weighted by Crippen LogP contribution is 2.26. The number of anilines is 2. The fraction of sp³-hybridized carbons (Fsp3) is 0.100. The maximum Gasteiger partial charge on any atom is 0.412 e. The molecule has 0 radical (unpaired) electrons. The van der Waals surface area contributed by atoms with Crippen LogP contribution in [-0.2, 0) is 11.2 Å². The van der Waals surface area contributed by atoms with Crippen molar-refractivity contribution in [2.75, 3.05) is 17.7 Å². The van der Waals surface area contributed by atoms with E-state index >= 15 is 0 Å². The van der Waals surface area contributed by atoms with Crippen molar-refractivity contribution in [3.8, 4) is 0 Å². The lowest BCUT2D eigenvalue weighted by Gasteiger charge is -2.10. The average Bonchev–Trinajstić information content (AvgIpc) is 3.17. The number of methoxy groups -OCH3 is 1. The molecule has 0 bridgehead atoms. The van der Waals surface area contributed by atoms with Crippen LogP contribution in [0.15, 0.2) is 60.8 Å². The predicted octanol–water partition coefficient (Wildman–Crippen LogP) is 4.22. The summed E-state index contributed by atoms with van der Waals surface area (Å²) in [5.74, 6) is 0.846. The highest BCUT2D eigenvalue weighted by Gasteiger charge is 2.15. The highest BCUT2D eigenvalue weighted by molar-refractivity contribution is 7.10. The molecule has 142 valence electrons. The fourth-order valence-electron chi connectivity index (χ4n) is 2.48. The van der Waals surface area contributed by atoms with Gasteiger partial charge in [-0.3, -0.25) is 10.1 Å². The summed E-state index contributed by atoms with van der Waals surface area (Å²) in [6.07, 6.45) is 2.72. The molecule has 0 aromatic carbocycles. The van der Waals surface area contributed by atoms with Gasteiger partial charge >= 0.3 is 6.09 Å². The van der Waals surface area contributed by atoms with Crippen LogP contribution in [0.25, 0.3) is 5.70 Å². The summed E-state index contributed by atoms with van der Waals surface area (Å²) in [6.45, 7) is 4.06. The lowest BCUT2D eigenvalue weighted by molar-refractivity contribution is 0.0993. The van der Waals surface area contributed by atoms with Gasteiger partial charge in [-0.15, -0.1) is 11.3 Å². The summed E-state index contributed by atoms with van der Waals surface area (Å²) < 4.78 is 4.54. The Morgan fingerprint density at radius 2 is 1.93 bits per heavy atom. The van der Waals surface area contributed by atoms with Crippen LogP contribution in [0, 0.1) is 0 Å². The molecule has 0 saturated heterocycles. The van der Waals surface area contributed by atoms with E-state index in [0.717, 1.165) is 10.4 Å². The number of pyridine rings is 2. The van der Waals surface area contributed by atoms with Crippen LogP contribution >= 0.6 is 11.3 Å². The second-order valence-corrected chi connectivity index (χ2v) is 6.72. The van der Waals surface area contributed by atoms with Gasteiger partial charge in [-0.25, -0.2) is 14.8 Å². The van der Waals surface area contributed by atoms with E-state index in [1.165, 1.54) is 30.7 Å². The van der Waals surface area contributed by atoms with Crippen LogP contribution in [-0.4, -0.2) is 29.0 Å². The van der Waals surface area contributed by atoms with Gasteiger partial charge in [0.05, 0.1) is 7.11 Å². The first-order valence-corrected chi connectivity index (χ1v) is 9.22. The van der Waals surface area contributed by atoms with Crippen molar-refractivity contribution in [3.05, 3.63) is 76.8 Å². The molecule has 3 rings (SSSR count). The second-order valence-electron chi connectivity index (χ2n) is 5.72. The topological polar surface area (TPSA) is 93.2 Å². The minimum atomic E-state index is -0.644. The number of nitrogens with one attached hydrogen (secondary N) is 2. The second kappa shape index (κ2) is 8.92. The fourth-order valence-corrected chi connectivity index (χ4v) is 3.38. The van der Waals surface area contributed by atoms with Crippen LogP contribution in [0.2, 0.25) is 0 Å². The third-order valence-electron chi connectivity index (χ3n) is 3.83. The van der Waals surface area contributed by atoms with E-state index in [9.17, 15) is 9.59 Å². The predicted molar refractivity (Wildman–Crippen MR) is 110 cm³/mol. The van der Waals surface area contributed by atoms with Crippen LogP contribution in [0.4, 0.5) is 16.4 Å². The number of carbonyl (C=O) groups excluding carboxylic acids is 2. The summed E-state index contributed by atoms with van der Waals surface area (Å²) in [6, 6.07) is 10.6. The zero-order valence-electron chi connectivity index (χ0n) is 15.1. The molecule has 28 heavy (non-hydrogen) atoms. The van der Waals surface area contributed by atoms with E-state index in [0.29, 0.717) is 17.1 Å². The Hall–Kier alpha value is -3.52. The first-order chi connectivity index (χ1) is 13.6. The van der Waals surface area contributed by atoms with Gasteiger partial charge in [0.1, 0.15) is 11.6 Å². The number of rotatable bonds is 7. The van der Waals surface area contributed by atoms with Gasteiger partial charge in [0.2, 0.25) is 0 Å². The molecule has 0 unspecified atom stereocenters. The third kappa shape index (κ3) is 4.80. The number of nitrogens with zero attached hydrogens (tertiary/aromatic N) is 2. The Morgan fingerprint density at radius 1 is 1.11 bits per heavy atom. The lowest BCUT2D eigenvalue weighted by Crippen LogP contribution is -2.13. The molecule has 0 fully saturated rings. The smallest absolute Gasteiger partial charge is 0.412 e. The van der Waals surface area contributed by atoms with Gasteiger partial charge < -0.3 is 10.1 Å². The van der Waals surface area contributed by atoms with Crippen molar-refractivity contribution in [2.24, 2.45) is 0 Å². The van der Waals surface area contributed by atoms with Crippen LogP contribution < -0.4 is 10.6 Å². The maximum absolute atomic E-state index is 12.7. The summed E-state index contributed by atoms with van der Waals surface area (Å²) >= 11 is 1.48. The molecule has 0 aliphatic heterocycles. The maximum atomic E-state index is 12.7. The molecule has 1 amide bonds. The number of thiophene rings is 1. The standard InChI is InChI=1S/C20H18N4O3S/c1-13(23-18-5-3-4-8-21-18)15-7-10-28-17(15)12-16(25)14-6-9-22-19(11-14)24-20(26)27-2/h3-11H,1,12H2,2H3,(H,21,23)(H,22,24,26). The molecule has 0 saturated carbocycles. The molecule has 3 aromatic rings. The molecule has 0 spiro atoms. The molecule has 0 aliphatic rings. The Bertz CT molecular complexity index is 1000. The van der Waals surface area contributed by atoms with Crippen molar-refractivity contribution in [1.29, 1.82) is 0 Å². The number of hydrogen-bond donors (Lipinski definition) is 2. The molecule has 2 N–H and O–H groups in total. The molecule has 8 heteroatoms. The van der Waals surface area contributed by atoms with E-state index < -0.39 is 6.09 Å². The van der Waals surface area contributed by atoms with Gasteiger partial charge in [0, 0.05) is 40.5 Å². The molecular formula is C20H18N4O3S. The summed E-state index contributed by atoms with van der Waals surface area (Å²) in [5.41, 5.74) is 1.99. The van der Waals surface area contributed by atoms with Crippen molar-refractivity contribution < 1.29 is 14.3 Å². The number of Topliss-reactive ketones (excluding diaryl/α,β-unsaturated/α-hetero) is 1. The summed E-state index contributed by atoms with van der Waals surface area (Å²) in [7, 11) is 1.26. The van der Waals surface area contributed by atoms with Gasteiger partial charge in [-0.1, -0.05) is 12.6 Å². The zero-order valence-corrected chi connectivity index (χ0v) is 16.0. The highest BCUT2D eigenvalue weighted by atomic mass is 32.1. The number of hydrogen-bond acceptors (Lipinski definition) is 7. The normalized spacial score (nSPS) is 10.2. The number of aromatic nitrogens is 2. The molecule has 3 aromatic heterocycles.